The zero-order valence-corrected chi connectivity index (χ0v) is 14.2. The van der Waals surface area contributed by atoms with Crippen LogP contribution in [0.5, 0.6) is 0 Å². The topological polar surface area (TPSA) is 78.5 Å². The second-order valence-corrected chi connectivity index (χ2v) is 7.31. The Hall–Kier alpha value is -2.16. The second-order valence-electron chi connectivity index (χ2n) is 6.25. The van der Waals surface area contributed by atoms with Gasteiger partial charge in [0.15, 0.2) is 0 Å². The average molecular weight is 369 g/mol. The SMILES string of the molecule is C[C@@]1(C2CC2)NC(=O)N(CC(=O)Nc2ccc(SC(F)F)cc2)C1=O. The van der Waals surface area contributed by atoms with Gasteiger partial charge in [-0.3, -0.25) is 14.5 Å². The van der Waals surface area contributed by atoms with Crippen LogP contribution < -0.4 is 10.6 Å². The molecule has 0 spiro atoms. The lowest BCUT2D eigenvalue weighted by Gasteiger charge is -2.20. The van der Waals surface area contributed by atoms with Gasteiger partial charge >= 0.3 is 6.03 Å². The maximum absolute atomic E-state index is 12.4. The van der Waals surface area contributed by atoms with E-state index in [1.807, 2.05) is 0 Å². The van der Waals surface area contributed by atoms with Gasteiger partial charge in [-0.2, -0.15) is 8.78 Å². The molecule has 1 aromatic rings. The first-order chi connectivity index (χ1) is 11.8. The highest BCUT2D eigenvalue weighted by atomic mass is 32.2. The number of rotatable bonds is 6. The Morgan fingerprint density at radius 2 is 2.00 bits per heavy atom. The molecule has 3 rings (SSSR count). The smallest absolute Gasteiger partial charge is 0.325 e. The number of benzene rings is 1. The number of carbonyl (C=O) groups is 3. The number of anilines is 1. The molecule has 0 unspecified atom stereocenters. The second kappa shape index (κ2) is 6.62. The summed E-state index contributed by atoms with van der Waals surface area (Å²) < 4.78 is 24.5. The number of imide groups is 1. The lowest BCUT2D eigenvalue weighted by Crippen LogP contribution is -2.46. The number of nitrogens with one attached hydrogen (secondary N) is 2. The van der Waals surface area contributed by atoms with E-state index in [4.69, 9.17) is 0 Å². The van der Waals surface area contributed by atoms with E-state index in [0.29, 0.717) is 22.3 Å². The highest BCUT2D eigenvalue weighted by molar-refractivity contribution is 7.99. The van der Waals surface area contributed by atoms with Gasteiger partial charge in [-0.05, 0) is 49.9 Å². The first-order valence-electron chi connectivity index (χ1n) is 7.78. The quantitative estimate of drug-likeness (QED) is 0.597. The minimum atomic E-state index is -2.51. The monoisotopic (exact) mass is 369 g/mol. The van der Waals surface area contributed by atoms with Crippen molar-refractivity contribution >= 4 is 35.3 Å². The molecule has 1 heterocycles. The molecule has 2 fully saturated rings. The van der Waals surface area contributed by atoms with Crippen LogP contribution in [0.25, 0.3) is 0 Å². The van der Waals surface area contributed by atoms with Crippen molar-refractivity contribution in [3.63, 3.8) is 0 Å². The van der Waals surface area contributed by atoms with Crippen LogP contribution in [0.2, 0.25) is 0 Å². The predicted molar refractivity (Wildman–Crippen MR) is 88.3 cm³/mol. The Kier molecular flexibility index (Phi) is 4.68. The van der Waals surface area contributed by atoms with E-state index in [1.54, 1.807) is 6.92 Å². The summed E-state index contributed by atoms with van der Waals surface area (Å²) in [5, 5.41) is 5.22. The van der Waals surface area contributed by atoms with E-state index in [2.05, 4.69) is 10.6 Å². The molecule has 0 aromatic heterocycles. The molecule has 1 aliphatic heterocycles. The van der Waals surface area contributed by atoms with Gasteiger partial charge in [-0.25, -0.2) is 4.79 Å². The van der Waals surface area contributed by atoms with E-state index < -0.39 is 23.2 Å². The summed E-state index contributed by atoms with van der Waals surface area (Å²) in [4.78, 5) is 37.8. The molecule has 2 N–H and O–H groups in total. The van der Waals surface area contributed by atoms with Gasteiger partial charge < -0.3 is 10.6 Å². The third kappa shape index (κ3) is 3.76. The van der Waals surface area contributed by atoms with Crippen LogP contribution in [0.4, 0.5) is 19.3 Å². The number of carbonyl (C=O) groups excluding carboxylic acids is 3. The van der Waals surface area contributed by atoms with E-state index >= 15 is 0 Å². The number of nitrogens with zero attached hydrogens (tertiary/aromatic N) is 1. The highest BCUT2D eigenvalue weighted by Crippen LogP contribution is 2.42. The van der Waals surface area contributed by atoms with Crippen LogP contribution in [-0.4, -0.2) is 40.6 Å². The molecular weight excluding hydrogens is 352 g/mol. The zero-order valence-electron chi connectivity index (χ0n) is 13.4. The summed E-state index contributed by atoms with van der Waals surface area (Å²) in [6.07, 6.45) is 1.76. The minimum absolute atomic E-state index is 0.122. The predicted octanol–water partition coefficient (Wildman–Crippen LogP) is 2.66. The lowest BCUT2D eigenvalue weighted by molar-refractivity contribution is -0.134. The Bertz CT molecular complexity index is 709. The van der Waals surface area contributed by atoms with E-state index in [1.165, 1.54) is 24.3 Å². The molecule has 1 aliphatic carbocycles. The van der Waals surface area contributed by atoms with Gasteiger partial charge in [-0.15, -0.1) is 0 Å². The van der Waals surface area contributed by atoms with Gasteiger partial charge in [0.2, 0.25) is 5.91 Å². The molecule has 4 amide bonds. The van der Waals surface area contributed by atoms with Gasteiger partial charge in [0.1, 0.15) is 12.1 Å². The number of thioether (sulfide) groups is 1. The number of hydrogen-bond donors (Lipinski definition) is 2. The largest absolute Gasteiger partial charge is 0.325 e. The maximum Gasteiger partial charge on any atom is 0.325 e. The fourth-order valence-electron chi connectivity index (χ4n) is 2.86. The van der Waals surface area contributed by atoms with Crippen LogP contribution in [0, 0.1) is 5.92 Å². The van der Waals surface area contributed by atoms with Crippen molar-refractivity contribution < 1.29 is 23.2 Å². The van der Waals surface area contributed by atoms with Gasteiger partial charge in [-0.1, -0.05) is 11.8 Å². The Labute approximate surface area is 147 Å². The van der Waals surface area contributed by atoms with Crippen LogP contribution in [0.1, 0.15) is 19.8 Å². The molecular formula is C16H17F2N3O3S. The number of urea groups is 1. The summed E-state index contributed by atoms with van der Waals surface area (Å²) in [6, 6.07) is 5.33. The zero-order chi connectivity index (χ0) is 18.2. The lowest BCUT2D eigenvalue weighted by atomic mass is 9.96. The van der Waals surface area contributed by atoms with Crippen LogP contribution in [0.15, 0.2) is 29.2 Å². The van der Waals surface area contributed by atoms with Crippen molar-refractivity contribution in [2.45, 2.75) is 36.0 Å². The van der Waals surface area contributed by atoms with E-state index in [9.17, 15) is 23.2 Å². The Morgan fingerprint density at radius 3 is 2.56 bits per heavy atom. The number of alkyl halides is 2. The first kappa shape index (κ1) is 17.7. The van der Waals surface area contributed by atoms with Crippen LogP contribution in [0.3, 0.4) is 0 Å². The van der Waals surface area contributed by atoms with Crippen molar-refractivity contribution in [2.24, 2.45) is 5.92 Å². The summed E-state index contributed by atoms with van der Waals surface area (Å²) in [5.41, 5.74) is -0.522. The standard InChI is InChI=1S/C16H17F2N3O3S/c1-16(9-2-3-9)13(23)21(15(24)20-16)8-12(22)19-10-4-6-11(7-5-10)25-14(17)18/h4-7,9,14H,2-3,8H2,1H3,(H,19,22)(H,20,24)/t16-/m0/s1. The van der Waals surface area contributed by atoms with E-state index in [-0.39, 0.29) is 18.4 Å². The molecule has 134 valence electrons. The van der Waals surface area contributed by atoms with Gasteiger partial charge in [0.05, 0.1) is 0 Å². The first-order valence-corrected chi connectivity index (χ1v) is 8.66. The molecule has 1 atom stereocenters. The van der Waals surface area contributed by atoms with Crippen LogP contribution >= 0.6 is 11.8 Å². The fourth-order valence-corrected chi connectivity index (χ4v) is 3.36. The Morgan fingerprint density at radius 1 is 1.36 bits per heavy atom. The van der Waals surface area contributed by atoms with Crippen molar-refractivity contribution in [2.75, 3.05) is 11.9 Å². The van der Waals surface area contributed by atoms with Crippen molar-refractivity contribution in [3.8, 4) is 0 Å². The van der Waals surface area contributed by atoms with Crippen molar-refractivity contribution in [1.29, 1.82) is 0 Å². The summed E-state index contributed by atoms with van der Waals surface area (Å²) >= 11 is 0.409. The molecule has 0 bridgehead atoms. The fraction of sp³-hybridized carbons (Fsp3) is 0.438. The molecule has 6 nitrogen and oxygen atoms in total. The number of amides is 4. The summed E-state index contributed by atoms with van der Waals surface area (Å²) in [5.74, 6) is -3.31. The average Bonchev–Trinajstić information content (AvgIpc) is 3.35. The molecule has 1 saturated heterocycles. The molecule has 0 radical (unpaired) electrons. The minimum Gasteiger partial charge on any atom is -0.325 e. The highest BCUT2D eigenvalue weighted by Gasteiger charge is 2.56. The van der Waals surface area contributed by atoms with Crippen molar-refractivity contribution in [3.05, 3.63) is 24.3 Å². The van der Waals surface area contributed by atoms with Gasteiger partial charge in [0.25, 0.3) is 11.7 Å². The van der Waals surface area contributed by atoms with E-state index in [0.717, 1.165) is 17.7 Å². The number of hydrogen-bond acceptors (Lipinski definition) is 4. The third-order valence-corrected chi connectivity index (χ3v) is 5.08. The molecule has 9 heteroatoms. The Balaban J connectivity index is 1.59. The summed E-state index contributed by atoms with van der Waals surface area (Å²) in [6.45, 7) is 1.29. The summed E-state index contributed by atoms with van der Waals surface area (Å²) in [7, 11) is 0. The normalized spacial score (nSPS) is 23.1. The molecule has 1 aromatic carbocycles. The van der Waals surface area contributed by atoms with Crippen LogP contribution in [-0.2, 0) is 9.59 Å². The third-order valence-electron chi connectivity index (χ3n) is 4.36. The van der Waals surface area contributed by atoms with Gasteiger partial charge in [0, 0.05) is 10.6 Å². The molecule has 2 aliphatic rings. The maximum atomic E-state index is 12.4. The molecule has 25 heavy (non-hydrogen) atoms. The van der Waals surface area contributed by atoms with Crippen molar-refractivity contribution in [1.82, 2.24) is 10.2 Å². The number of halogens is 2. The molecule has 1 saturated carbocycles.